The van der Waals surface area contributed by atoms with Crippen LogP contribution in [0.3, 0.4) is 0 Å². The minimum Gasteiger partial charge on any atom is -0.383 e. The molecule has 2 rings (SSSR count). The predicted molar refractivity (Wildman–Crippen MR) is 76.8 cm³/mol. The maximum atomic E-state index is 4.97. The van der Waals surface area contributed by atoms with Crippen molar-refractivity contribution < 1.29 is 4.74 Å². The number of nitrogens with one attached hydrogen (secondary N) is 1. The topological polar surface area (TPSA) is 52.0 Å². The largest absolute Gasteiger partial charge is 0.383 e. The fourth-order valence-corrected chi connectivity index (χ4v) is 1.88. The minimum atomic E-state index is 0.686. The van der Waals surface area contributed by atoms with E-state index in [9.17, 15) is 0 Å². The van der Waals surface area contributed by atoms with Gasteiger partial charge in [-0.15, -0.1) is 0 Å². The second kappa shape index (κ2) is 7.37. The van der Waals surface area contributed by atoms with Crippen LogP contribution < -0.4 is 5.32 Å². The molecule has 0 saturated heterocycles. The van der Waals surface area contributed by atoms with E-state index in [0.29, 0.717) is 13.2 Å². The fraction of sp³-hybridized carbons (Fsp3) is 0.385. The summed E-state index contributed by atoms with van der Waals surface area (Å²) in [6.07, 6.45) is 3.77. The molecule has 0 aliphatic heterocycles. The minimum absolute atomic E-state index is 0.686. The molecular formula is C13H17BrN4O. The number of hydrogen-bond donors (Lipinski definition) is 1. The number of hydrogen-bond acceptors (Lipinski definition) is 4. The highest BCUT2D eigenvalue weighted by Gasteiger charge is 2.01. The van der Waals surface area contributed by atoms with Crippen LogP contribution >= 0.6 is 15.9 Å². The van der Waals surface area contributed by atoms with Crippen molar-refractivity contribution in [2.45, 2.75) is 13.1 Å². The second-order valence-corrected chi connectivity index (χ2v) is 5.06. The highest BCUT2D eigenvalue weighted by atomic mass is 79.9. The lowest BCUT2D eigenvalue weighted by Gasteiger charge is -2.02. The lowest BCUT2D eigenvalue weighted by atomic mass is 10.3. The third kappa shape index (κ3) is 4.74. The summed E-state index contributed by atoms with van der Waals surface area (Å²) < 4.78 is 7.85. The smallest absolute Gasteiger partial charge is 0.0831 e. The third-order valence-corrected chi connectivity index (χ3v) is 3.07. The van der Waals surface area contributed by atoms with Crippen LogP contribution in [0.2, 0.25) is 0 Å². The molecule has 0 saturated carbocycles. The highest BCUT2D eigenvalue weighted by Crippen LogP contribution is 2.08. The Morgan fingerprint density at radius 3 is 2.95 bits per heavy atom. The van der Waals surface area contributed by atoms with Crippen LogP contribution in [0.1, 0.15) is 11.4 Å². The standard InChI is InChI=1S/C13H17BrN4O/c1-19-7-5-15-9-12-4-6-18(17-12)10-13-3-2-11(14)8-16-13/h2-4,6,8,15H,5,7,9-10H2,1H3. The van der Waals surface area contributed by atoms with Gasteiger partial charge in [0.25, 0.3) is 0 Å². The van der Waals surface area contributed by atoms with E-state index in [1.807, 2.05) is 29.1 Å². The molecule has 0 spiro atoms. The molecule has 2 aromatic rings. The first-order chi connectivity index (χ1) is 9.28. The summed E-state index contributed by atoms with van der Waals surface area (Å²) in [7, 11) is 1.70. The van der Waals surface area contributed by atoms with E-state index >= 15 is 0 Å². The highest BCUT2D eigenvalue weighted by molar-refractivity contribution is 9.10. The maximum Gasteiger partial charge on any atom is 0.0831 e. The molecule has 2 aromatic heterocycles. The van der Waals surface area contributed by atoms with Gasteiger partial charge in [-0.3, -0.25) is 9.67 Å². The molecule has 0 fully saturated rings. The van der Waals surface area contributed by atoms with Crippen LogP contribution in [-0.4, -0.2) is 35.0 Å². The fourth-order valence-electron chi connectivity index (χ4n) is 1.64. The molecular weight excluding hydrogens is 308 g/mol. The summed E-state index contributed by atoms with van der Waals surface area (Å²) >= 11 is 3.37. The van der Waals surface area contributed by atoms with E-state index in [2.05, 4.69) is 31.3 Å². The number of nitrogens with zero attached hydrogens (tertiary/aromatic N) is 3. The summed E-state index contributed by atoms with van der Waals surface area (Å²) in [5.41, 5.74) is 2.01. The predicted octanol–water partition coefficient (Wildman–Crippen LogP) is 1.82. The van der Waals surface area contributed by atoms with Crippen molar-refractivity contribution in [1.82, 2.24) is 20.1 Å². The Labute approximate surface area is 121 Å². The number of rotatable bonds is 7. The molecule has 5 nitrogen and oxygen atoms in total. The van der Waals surface area contributed by atoms with Gasteiger partial charge in [0.2, 0.25) is 0 Å². The van der Waals surface area contributed by atoms with Crippen molar-refractivity contribution in [1.29, 1.82) is 0 Å². The lowest BCUT2D eigenvalue weighted by molar-refractivity contribution is 0.199. The van der Waals surface area contributed by atoms with Gasteiger partial charge >= 0.3 is 0 Å². The first kappa shape index (κ1) is 14.2. The zero-order valence-corrected chi connectivity index (χ0v) is 12.4. The van der Waals surface area contributed by atoms with E-state index in [-0.39, 0.29) is 0 Å². The van der Waals surface area contributed by atoms with Crippen molar-refractivity contribution in [3.8, 4) is 0 Å². The molecule has 2 heterocycles. The van der Waals surface area contributed by atoms with Gasteiger partial charge in [0.15, 0.2) is 0 Å². The quantitative estimate of drug-likeness (QED) is 0.789. The summed E-state index contributed by atoms with van der Waals surface area (Å²) in [6.45, 7) is 2.98. The Morgan fingerprint density at radius 1 is 1.32 bits per heavy atom. The first-order valence-corrected chi connectivity index (χ1v) is 6.89. The van der Waals surface area contributed by atoms with Gasteiger partial charge in [0.05, 0.1) is 24.5 Å². The van der Waals surface area contributed by atoms with E-state index in [1.165, 1.54) is 0 Å². The van der Waals surface area contributed by atoms with Crippen molar-refractivity contribution >= 4 is 15.9 Å². The molecule has 0 amide bonds. The normalized spacial score (nSPS) is 10.8. The molecule has 0 aliphatic carbocycles. The van der Waals surface area contributed by atoms with Gasteiger partial charge in [0, 0.05) is 37.1 Å². The van der Waals surface area contributed by atoms with Gasteiger partial charge in [-0.25, -0.2) is 0 Å². The Bertz CT molecular complexity index is 498. The van der Waals surface area contributed by atoms with Crippen LogP contribution in [0.4, 0.5) is 0 Å². The van der Waals surface area contributed by atoms with Gasteiger partial charge < -0.3 is 10.1 Å². The van der Waals surface area contributed by atoms with Crippen molar-refractivity contribution in [2.24, 2.45) is 0 Å². The molecule has 19 heavy (non-hydrogen) atoms. The molecule has 6 heteroatoms. The van der Waals surface area contributed by atoms with Gasteiger partial charge in [-0.1, -0.05) is 0 Å². The van der Waals surface area contributed by atoms with Crippen LogP contribution in [-0.2, 0) is 17.8 Å². The SMILES string of the molecule is COCCNCc1ccn(Cc2ccc(Br)cn2)n1. The van der Waals surface area contributed by atoms with E-state index < -0.39 is 0 Å². The number of methoxy groups -OCH3 is 1. The monoisotopic (exact) mass is 324 g/mol. The van der Waals surface area contributed by atoms with Gasteiger partial charge in [-0.2, -0.15) is 5.10 Å². The zero-order chi connectivity index (χ0) is 13.5. The van der Waals surface area contributed by atoms with Crippen molar-refractivity contribution in [3.05, 3.63) is 46.5 Å². The molecule has 0 radical (unpaired) electrons. The van der Waals surface area contributed by atoms with E-state index in [0.717, 1.165) is 29.0 Å². The third-order valence-electron chi connectivity index (χ3n) is 2.60. The van der Waals surface area contributed by atoms with Gasteiger partial charge in [0.1, 0.15) is 0 Å². The van der Waals surface area contributed by atoms with Crippen LogP contribution in [0, 0.1) is 0 Å². The number of ether oxygens (including phenoxy) is 1. The van der Waals surface area contributed by atoms with Crippen LogP contribution in [0.5, 0.6) is 0 Å². The molecule has 0 atom stereocenters. The molecule has 0 bridgehead atoms. The van der Waals surface area contributed by atoms with Crippen molar-refractivity contribution in [2.75, 3.05) is 20.3 Å². The summed E-state index contributed by atoms with van der Waals surface area (Å²) in [5.74, 6) is 0. The average Bonchev–Trinajstić information content (AvgIpc) is 2.85. The number of halogens is 1. The number of pyridine rings is 1. The second-order valence-electron chi connectivity index (χ2n) is 4.14. The van der Waals surface area contributed by atoms with E-state index in [4.69, 9.17) is 4.74 Å². The molecule has 0 unspecified atom stereocenters. The average molecular weight is 325 g/mol. The van der Waals surface area contributed by atoms with Crippen molar-refractivity contribution in [3.63, 3.8) is 0 Å². The maximum absolute atomic E-state index is 4.97. The Morgan fingerprint density at radius 2 is 2.21 bits per heavy atom. The molecule has 102 valence electrons. The summed E-state index contributed by atoms with van der Waals surface area (Å²) in [6, 6.07) is 5.99. The molecule has 0 aliphatic rings. The number of aromatic nitrogens is 3. The molecule has 0 aromatic carbocycles. The summed E-state index contributed by atoms with van der Waals surface area (Å²) in [4.78, 5) is 4.33. The lowest BCUT2D eigenvalue weighted by Crippen LogP contribution is -2.19. The van der Waals surface area contributed by atoms with E-state index in [1.54, 1.807) is 13.3 Å². The zero-order valence-electron chi connectivity index (χ0n) is 10.8. The molecule has 1 N–H and O–H groups in total. The summed E-state index contributed by atoms with van der Waals surface area (Å²) in [5, 5.41) is 7.75. The first-order valence-electron chi connectivity index (χ1n) is 6.10. The Kier molecular flexibility index (Phi) is 5.50. The Balaban J connectivity index is 1.85. The van der Waals surface area contributed by atoms with Crippen LogP contribution in [0.15, 0.2) is 35.1 Å². The van der Waals surface area contributed by atoms with Gasteiger partial charge in [-0.05, 0) is 34.1 Å². The Hall–Kier alpha value is -1.24. The van der Waals surface area contributed by atoms with Crippen LogP contribution in [0.25, 0.3) is 0 Å².